The maximum Gasteiger partial charge on any atom is 0.227 e. The van der Waals surface area contributed by atoms with Crippen molar-refractivity contribution in [3.8, 4) is 6.07 Å². The first-order valence-corrected chi connectivity index (χ1v) is 6.55. The molecule has 2 rings (SSSR count). The standard InChI is InChI=1S/C14H16ClN3O/c1-14(13(19)17-2)5-6-18(9-14)12-4-3-10(8-16)7-11(12)15/h3-4,7H,5-6,9H2,1-2H3,(H,17,19). The normalized spacial score (nSPS) is 22.1. The summed E-state index contributed by atoms with van der Waals surface area (Å²) in [7, 11) is 1.66. The molecule has 4 nitrogen and oxygen atoms in total. The minimum atomic E-state index is -0.383. The number of rotatable bonds is 2. The summed E-state index contributed by atoms with van der Waals surface area (Å²) in [5.41, 5.74) is 1.04. The van der Waals surface area contributed by atoms with Crippen molar-refractivity contribution in [3.05, 3.63) is 28.8 Å². The topological polar surface area (TPSA) is 56.1 Å². The van der Waals surface area contributed by atoms with Crippen LogP contribution in [0.15, 0.2) is 18.2 Å². The zero-order valence-corrected chi connectivity index (χ0v) is 11.8. The number of nitriles is 1. The molecule has 1 amide bonds. The summed E-state index contributed by atoms with van der Waals surface area (Å²) in [6, 6.07) is 7.31. The van der Waals surface area contributed by atoms with E-state index in [0.29, 0.717) is 17.1 Å². The first-order valence-electron chi connectivity index (χ1n) is 6.17. The van der Waals surface area contributed by atoms with Gasteiger partial charge in [-0.2, -0.15) is 5.26 Å². The summed E-state index contributed by atoms with van der Waals surface area (Å²) in [6.45, 7) is 3.39. The van der Waals surface area contributed by atoms with Crippen LogP contribution in [-0.4, -0.2) is 26.0 Å². The minimum absolute atomic E-state index is 0.0553. The zero-order chi connectivity index (χ0) is 14.0. The number of hydrogen-bond donors (Lipinski definition) is 1. The molecule has 1 saturated heterocycles. The summed E-state index contributed by atoms with van der Waals surface area (Å²) in [5.74, 6) is 0.0553. The van der Waals surface area contributed by atoms with Crippen LogP contribution in [0.1, 0.15) is 18.9 Å². The Morgan fingerprint density at radius 2 is 2.32 bits per heavy atom. The van der Waals surface area contributed by atoms with Crippen LogP contribution in [0.25, 0.3) is 0 Å². The first kappa shape index (κ1) is 13.7. The van der Waals surface area contributed by atoms with E-state index in [1.165, 1.54) is 0 Å². The molecule has 0 spiro atoms. The first-order chi connectivity index (χ1) is 9.00. The lowest BCUT2D eigenvalue weighted by molar-refractivity contribution is -0.128. The molecule has 1 aliphatic heterocycles. The number of nitrogens with one attached hydrogen (secondary N) is 1. The fourth-order valence-electron chi connectivity index (χ4n) is 2.49. The van der Waals surface area contributed by atoms with Gasteiger partial charge in [-0.25, -0.2) is 0 Å². The van der Waals surface area contributed by atoms with E-state index in [9.17, 15) is 4.79 Å². The van der Waals surface area contributed by atoms with E-state index in [1.54, 1.807) is 19.2 Å². The van der Waals surface area contributed by atoms with Crippen molar-refractivity contribution in [2.75, 3.05) is 25.0 Å². The Bertz CT molecular complexity index is 552. The lowest BCUT2D eigenvalue weighted by Crippen LogP contribution is -2.39. The van der Waals surface area contributed by atoms with Crippen LogP contribution in [0, 0.1) is 16.7 Å². The van der Waals surface area contributed by atoms with E-state index >= 15 is 0 Å². The van der Waals surface area contributed by atoms with Crippen molar-refractivity contribution in [1.29, 1.82) is 5.26 Å². The molecular weight excluding hydrogens is 262 g/mol. The van der Waals surface area contributed by atoms with Gasteiger partial charge in [-0.1, -0.05) is 11.6 Å². The van der Waals surface area contributed by atoms with Crippen molar-refractivity contribution in [2.24, 2.45) is 5.41 Å². The number of benzene rings is 1. The van der Waals surface area contributed by atoms with E-state index < -0.39 is 0 Å². The third-order valence-electron chi connectivity index (χ3n) is 3.67. The molecule has 1 heterocycles. The Hall–Kier alpha value is -1.73. The second-order valence-corrected chi connectivity index (χ2v) is 5.50. The molecule has 1 unspecified atom stereocenters. The Kier molecular flexibility index (Phi) is 3.68. The molecule has 1 fully saturated rings. The summed E-state index contributed by atoms with van der Waals surface area (Å²) in [4.78, 5) is 14.0. The number of anilines is 1. The van der Waals surface area contributed by atoms with E-state index in [0.717, 1.165) is 18.7 Å². The molecule has 0 bridgehead atoms. The molecule has 1 aliphatic rings. The zero-order valence-electron chi connectivity index (χ0n) is 11.0. The summed E-state index contributed by atoms with van der Waals surface area (Å²) in [6.07, 6.45) is 0.795. The second-order valence-electron chi connectivity index (χ2n) is 5.09. The third-order valence-corrected chi connectivity index (χ3v) is 3.97. The number of halogens is 1. The van der Waals surface area contributed by atoms with Gasteiger partial charge in [0.2, 0.25) is 5.91 Å². The second kappa shape index (κ2) is 5.10. The molecule has 1 aromatic carbocycles. The molecule has 1 aromatic rings. The average Bonchev–Trinajstić information content (AvgIpc) is 2.81. The molecule has 0 saturated carbocycles. The SMILES string of the molecule is CNC(=O)C1(C)CCN(c2ccc(C#N)cc2Cl)C1. The number of carbonyl (C=O) groups is 1. The summed E-state index contributed by atoms with van der Waals surface area (Å²) < 4.78 is 0. The highest BCUT2D eigenvalue weighted by Gasteiger charge is 2.40. The number of hydrogen-bond acceptors (Lipinski definition) is 3. The van der Waals surface area contributed by atoms with Crippen molar-refractivity contribution in [1.82, 2.24) is 5.32 Å². The van der Waals surface area contributed by atoms with Crippen LogP contribution in [0.2, 0.25) is 5.02 Å². The molecule has 19 heavy (non-hydrogen) atoms. The van der Waals surface area contributed by atoms with Crippen LogP contribution in [0.5, 0.6) is 0 Å². The fourth-order valence-corrected chi connectivity index (χ4v) is 2.79. The van der Waals surface area contributed by atoms with Crippen molar-refractivity contribution in [3.63, 3.8) is 0 Å². The molecule has 0 aromatic heterocycles. The molecule has 100 valence electrons. The van der Waals surface area contributed by atoms with Crippen molar-refractivity contribution >= 4 is 23.2 Å². The fraction of sp³-hybridized carbons (Fsp3) is 0.429. The van der Waals surface area contributed by atoms with Crippen LogP contribution >= 0.6 is 11.6 Å². The highest BCUT2D eigenvalue weighted by molar-refractivity contribution is 6.33. The molecule has 5 heteroatoms. The predicted octanol–water partition coefficient (Wildman–Crippen LogP) is 2.17. The van der Waals surface area contributed by atoms with E-state index in [-0.39, 0.29) is 11.3 Å². The maximum absolute atomic E-state index is 11.9. The van der Waals surface area contributed by atoms with E-state index in [2.05, 4.69) is 16.3 Å². The van der Waals surface area contributed by atoms with Gasteiger partial charge in [0.25, 0.3) is 0 Å². The smallest absolute Gasteiger partial charge is 0.227 e. The molecule has 0 aliphatic carbocycles. The Morgan fingerprint density at radius 3 is 2.89 bits per heavy atom. The van der Waals surface area contributed by atoms with Gasteiger partial charge in [0.1, 0.15) is 0 Å². The van der Waals surface area contributed by atoms with Crippen LogP contribution < -0.4 is 10.2 Å². The van der Waals surface area contributed by atoms with Gasteiger partial charge in [0, 0.05) is 20.1 Å². The Labute approximate surface area is 118 Å². The van der Waals surface area contributed by atoms with Crippen molar-refractivity contribution < 1.29 is 4.79 Å². The van der Waals surface area contributed by atoms with Gasteiger partial charge >= 0.3 is 0 Å². The minimum Gasteiger partial charge on any atom is -0.369 e. The van der Waals surface area contributed by atoms with Gasteiger partial charge in [-0.05, 0) is 31.5 Å². The maximum atomic E-state index is 11.9. The van der Waals surface area contributed by atoms with E-state index in [4.69, 9.17) is 16.9 Å². The molecular formula is C14H16ClN3O. The number of amides is 1. The van der Waals surface area contributed by atoms with Gasteiger partial charge in [-0.15, -0.1) is 0 Å². The monoisotopic (exact) mass is 277 g/mol. The lowest BCUT2D eigenvalue weighted by Gasteiger charge is -2.24. The lowest BCUT2D eigenvalue weighted by atomic mass is 9.89. The van der Waals surface area contributed by atoms with Crippen LogP contribution in [-0.2, 0) is 4.79 Å². The summed E-state index contributed by atoms with van der Waals surface area (Å²) >= 11 is 6.20. The van der Waals surface area contributed by atoms with Gasteiger partial charge < -0.3 is 10.2 Å². The molecule has 1 N–H and O–H groups in total. The quantitative estimate of drug-likeness (QED) is 0.901. The largest absolute Gasteiger partial charge is 0.369 e. The Morgan fingerprint density at radius 1 is 1.58 bits per heavy atom. The van der Waals surface area contributed by atoms with Crippen LogP contribution in [0.4, 0.5) is 5.69 Å². The molecule has 0 radical (unpaired) electrons. The van der Waals surface area contributed by atoms with Crippen LogP contribution in [0.3, 0.4) is 0 Å². The third kappa shape index (κ3) is 2.52. The Balaban J connectivity index is 2.22. The van der Waals surface area contributed by atoms with Gasteiger partial charge in [-0.3, -0.25) is 4.79 Å². The number of carbonyl (C=O) groups excluding carboxylic acids is 1. The highest BCUT2D eigenvalue weighted by atomic mass is 35.5. The number of nitrogens with zero attached hydrogens (tertiary/aromatic N) is 2. The average molecular weight is 278 g/mol. The van der Waals surface area contributed by atoms with Crippen molar-refractivity contribution in [2.45, 2.75) is 13.3 Å². The van der Waals surface area contributed by atoms with Gasteiger partial charge in [0.15, 0.2) is 0 Å². The summed E-state index contributed by atoms with van der Waals surface area (Å²) in [5, 5.41) is 12.1. The van der Waals surface area contributed by atoms with Gasteiger partial charge in [0.05, 0.1) is 27.8 Å². The van der Waals surface area contributed by atoms with E-state index in [1.807, 2.05) is 13.0 Å². The molecule has 1 atom stereocenters. The highest BCUT2D eigenvalue weighted by Crippen LogP contribution is 2.36. The predicted molar refractivity (Wildman–Crippen MR) is 75.2 cm³/mol.